The van der Waals surface area contributed by atoms with Gasteiger partial charge in [-0.3, -0.25) is 9.59 Å². The third kappa shape index (κ3) is 18.9. The van der Waals surface area contributed by atoms with E-state index in [0.717, 1.165) is 25.7 Å². The highest BCUT2D eigenvalue weighted by atomic mass is 16.4. The standard InChI is InChI=1S/C18H34O4/c19-17(20)15-13-11-9-7-5-3-1-2-4-6-8-10-12-14-16-18(21)22/h1-16H2,(H,19,20)(H,21,22). The average molecular weight is 314 g/mol. The van der Waals surface area contributed by atoms with Crippen LogP contribution in [0, 0.1) is 0 Å². The molecule has 130 valence electrons. The molecule has 0 heterocycles. The first kappa shape index (κ1) is 20.9. The van der Waals surface area contributed by atoms with E-state index in [1.807, 2.05) is 0 Å². The number of hydrogen-bond acceptors (Lipinski definition) is 2. The van der Waals surface area contributed by atoms with E-state index in [1.54, 1.807) is 0 Å². The van der Waals surface area contributed by atoms with Crippen molar-refractivity contribution in [1.82, 2.24) is 0 Å². The third-order valence-corrected chi connectivity index (χ3v) is 4.03. The minimum Gasteiger partial charge on any atom is -0.481 e. The van der Waals surface area contributed by atoms with Crippen molar-refractivity contribution in [2.75, 3.05) is 0 Å². The Hall–Kier alpha value is -1.06. The first-order chi connectivity index (χ1) is 10.6. The molecular formula is C18H34O4. The Morgan fingerprint density at radius 1 is 0.409 bits per heavy atom. The Labute approximate surface area is 135 Å². The Balaban J connectivity index is 2.99. The van der Waals surface area contributed by atoms with Gasteiger partial charge in [-0.15, -0.1) is 0 Å². The van der Waals surface area contributed by atoms with Gasteiger partial charge in [0.1, 0.15) is 0 Å². The quantitative estimate of drug-likeness (QED) is 0.353. The molecule has 0 aromatic rings. The van der Waals surface area contributed by atoms with Crippen molar-refractivity contribution in [2.45, 2.75) is 103 Å². The lowest BCUT2D eigenvalue weighted by atomic mass is 10.0. The van der Waals surface area contributed by atoms with Crippen LogP contribution in [-0.4, -0.2) is 22.2 Å². The zero-order chi connectivity index (χ0) is 16.5. The highest BCUT2D eigenvalue weighted by molar-refractivity contribution is 5.66. The van der Waals surface area contributed by atoms with Crippen molar-refractivity contribution in [3.05, 3.63) is 0 Å². The molecule has 0 saturated heterocycles. The summed E-state index contributed by atoms with van der Waals surface area (Å²) in [6.45, 7) is 0. The fourth-order valence-electron chi connectivity index (χ4n) is 2.67. The SMILES string of the molecule is O=C(O)CCCCCCCCCCCCCCCCC(=O)O. The molecule has 0 aliphatic carbocycles. The summed E-state index contributed by atoms with van der Waals surface area (Å²) < 4.78 is 0. The lowest BCUT2D eigenvalue weighted by Crippen LogP contribution is -1.93. The van der Waals surface area contributed by atoms with E-state index >= 15 is 0 Å². The smallest absolute Gasteiger partial charge is 0.303 e. The molecule has 2 N–H and O–H groups in total. The summed E-state index contributed by atoms with van der Waals surface area (Å²) in [6.07, 6.45) is 17.0. The van der Waals surface area contributed by atoms with Gasteiger partial charge in [0.15, 0.2) is 0 Å². The van der Waals surface area contributed by atoms with E-state index in [-0.39, 0.29) is 0 Å². The van der Waals surface area contributed by atoms with E-state index in [4.69, 9.17) is 10.2 Å². The molecule has 0 amide bonds. The maximum atomic E-state index is 10.3. The molecule has 0 unspecified atom stereocenters. The summed E-state index contributed by atoms with van der Waals surface area (Å²) >= 11 is 0. The minimum absolute atomic E-state index is 0.316. The molecular weight excluding hydrogens is 280 g/mol. The van der Waals surface area contributed by atoms with Crippen LogP contribution in [0.25, 0.3) is 0 Å². The van der Waals surface area contributed by atoms with Crippen molar-refractivity contribution in [2.24, 2.45) is 0 Å². The topological polar surface area (TPSA) is 74.6 Å². The molecule has 0 aliphatic rings. The third-order valence-electron chi connectivity index (χ3n) is 4.03. The first-order valence-corrected chi connectivity index (χ1v) is 9.06. The zero-order valence-corrected chi connectivity index (χ0v) is 14.0. The predicted octanol–water partition coefficient (Wildman–Crippen LogP) is 5.40. The highest BCUT2D eigenvalue weighted by Crippen LogP contribution is 2.13. The molecule has 0 aromatic heterocycles. The molecule has 0 fully saturated rings. The Kier molecular flexibility index (Phi) is 15.5. The summed E-state index contributed by atoms with van der Waals surface area (Å²) in [5, 5.41) is 17.0. The van der Waals surface area contributed by atoms with Gasteiger partial charge in [0, 0.05) is 12.8 Å². The summed E-state index contributed by atoms with van der Waals surface area (Å²) in [5.41, 5.74) is 0. The summed E-state index contributed by atoms with van der Waals surface area (Å²) in [6, 6.07) is 0. The van der Waals surface area contributed by atoms with Crippen LogP contribution in [0.1, 0.15) is 103 Å². The van der Waals surface area contributed by atoms with Crippen molar-refractivity contribution in [3.63, 3.8) is 0 Å². The van der Waals surface area contributed by atoms with Gasteiger partial charge in [0.25, 0.3) is 0 Å². The Morgan fingerprint density at radius 2 is 0.591 bits per heavy atom. The van der Waals surface area contributed by atoms with E-state index in [0.29, 0.717) is 12.8 Å². The van der Waals surface area contributed by atoms with Crippen LogP contribution in [0.5, 0.6) is 0 Å². The van der Waals surface area contributed by atoms with E-state index in [1.165, 1.54) is 64.2 Å². The number of carbonyl (C=O) groups is 2. The molecule has 0 bridgehead atoms. The fraction of sp³-hybridized carbons (Fsp3) is 0.889. The molecule has 4 heteroatoms. The largest absolute Gasteiger partial charge is 0.481 e. The van der Waals surface area contributed by atoms with Crippen LogP contribution in [0.2, 0.25) is 0 Å². The second-order valence-electron chi connectivity index (χ2n) is 6.24. The molecule has 0 radical (unpaired) electrons. The van der Waals surface area contributed by atoms with Gasteiger partial charge < -0.3 is 10.2 Å². The molecule has 22 heavy (non-hydrogen) atoms. The van der Waals surface area contributed by atoms with Crippen LogP contribution in [0.3, 0.4) is 0 Å². The molecule has 0 rings (SSSR count). The number of carboxylic acid groups (broad SMARTS) is 2. The van der Waals surface area contributed by atoms with Crippen molar-refractivity contribution >= 4 is 11.9 Å². The lowest BCUT2D eigenvalue weighted by molar-refractivity contribution is -0.138. The normalized spacial score (nSPS) is 10.7. The number of unbranched alkanes of at least 4 members (excludes halogenated alkanes) is 13. The van der Waals surface area contributed by atoms with Gasteiger partial charge in [0.2, 0.25) is 0 Å². The van der Waals surface area contributed by atoms with Crippen molar-refractivity contribution < 1.29 is 19.8 Å². The van der Waals surface area contributed by atoms with Gasteiger partial charge >= 0.3 is 11.9 Å². The summed E-state index contributed by atoms with van der Waals surface area (Å²) in [7, 11) is 0. The number of hydrogen-bond donors (Lipinski definition) is 2. The second-order valence-corrected chi connectivity index (χ2v) is 6.24. The van der Waals surface area contributed by atoms with Crippen LogP contribution in [0.15, 0.2) is 0 Å². The van der Waals surface area contributed by atoms with Crippen LogP contribution < -0.4 is 0 Å². The average Bonchev–Trinajstić information content (AvgIpc) is 2.46. The molecule has 0 saturated carbocycles. The molecule has 0 atom stereocenters. The summed E-state index contributed by atoms with van der Waals surface area (Å²) in [4.78, 5) is 20.7. The van der Waals surface area contributed by atoms with Gasteiger partial charge in [-0.05, 0) is 12.8 Å². The van der Waals surface area contributed by atoms with Gasteiger partial charge in [0.05, 0.1) is 0 Å². The zero-order valence-electron chi connectivity index (χ0n) is 14.0. The number of carboxylic acids is 2. The van der Waals surface area contributed by atoms with Gasteiger partial charge in [-0.2, -0.15) is 0 Å². The summed E-state index contributed by atoms with van der Waals surface area (Å²) in [5.74, 6) is -1.36. The van der Waals surface area contributed by atoms with Gasteiger partial charge in [-0.1, -0.05) is 77.0 Å². The van der Waals surface area contributed by atoms with Crippen LogP contribution in [-0.2, 0) is 9.59 Å². The Bertz CT molecular complexity index is 248. The number of aliphatic carboxylic acids is 2. The maximum absolute atomic E-state index is 10.3. The number of rotatable bonds is 17. The van der Waals surface area contributed by atoms with Crippen LogP contribution >= 0.6 is 0 Å². The first-order valence-electron chi connectivity index (χ1n) is 9.06. The molecule has 0 aliphatic heterocycles. The van der Waals surface area contributed by atoms with E-state index in [9.17, 15) is 9.59 Å². The van der Waals surface area contributed by atoms with Gasteiger partial charge in [-0.25, -0.2) is 0 Å². The Morgan fingerprint density at radius 3 is 0.773 bits per heavy atom. The fourth-order valence-corrected chi connectivity index (χ4v) is 2.67. The second kappa shape index (κ2) is 16.3. The van der Waals surface area contributed by atoms with Crippen LogP contribution in [0.4, 0.5) is 0 Å². The van der Waals surface area contributed by atoms with E-state index < -0.39 is 11.9 Å². The molecule has 0 aromatic carbocycles. The van der Waals surface area contributed by atoms with Crippen molar-refractivity contribution in [1.29, 1.82) is 0 Å². The lowest BCUT2D eigenvalue weighted by Gasteiger charge is -2.03. The monoisotopic (exact) mass is 314 g/mol. The van der Waals surface area contributed by atoms with Crippen molar-refractivity contribution in [3.8, 4) is 0 Å². The highest BCUT2D eigenvalue weighted by Gasteiger charge is 1.98. The minimum atomic E-state index is -0.679. The predicted molar refractivity (Wildman–Crippen MR) is 89.1 cm³/mol. The molecule has 0 spiro atoms. The molecule has 4 nitrogen and oxygen atoms in total. The maximum Gasteiger partial charge on any atom is 0.303 e. The van der Waals surface area contributed by atoms with E-state index in [2.05, 4.69) is 0 Å².